The van der Waals surface area contributed by atoms with Gasteiger partial charge in [0.05, 0.1) is 25.2 Å². The van der Waals surface area contributed by atoms with Crippen molar-refractivity contribution in [1.82, 2.24) is 14.5 Å². The molecule has 2 aliphatic heterocycles. The summed E-state index contributed by atoms with van der Waals surface area (Å²) in [6.45, 7) is 1.86. The van der Waals surface area contributed by atoms with Crippen molar-refractivity contribution >= 4 is 5.91 Å². The Morgan fingerprint density at radius 3 is 3.04 bits per heavy atom. The summed E-state index contributed by atoms with van der Waals surface area (Å²) in [5, 5.41) is 0. The van der Waals surface area contributed by atoms with Crippen LogP contribution in [0.2, 0.25) is 0 Å². The molecule has 0 aliphatic carbocycles. The standard InChI is InChI=1S/C17H19N3O4/c1-19-9-18-13-7-20(6-12(8-22-2)16(13)19)17(21)11-3-4-14-15(5-11)24-10-23-14/h3-5,9,12H,6-8,10H2,1-2H3/t12-/m0/s1. The molecule has 7 heteroatoms. The maximum atomic E-state index is 12.9. The van der Waals surface area contributed by atoms with E-state index in [1.165, 1.54) is 0 Å². The van der Waals surface area contributed by atoms with Gasteiger partial charge in [0.1, 0.15) is 0 Å². The molecule has 0 saturated carbocycles. The molecule has 126 valence electrons. The van der Waals surface area contributed by atoms with Gasteiger partial charge in [0.25, 0.3) is 5.91 Å². The lowest BCUT2D eigenvalue weighted by Gasteiger charge is -2.32. The predicted octanol–water partition coefficient (Wildman–Crippen LogP) is 1.53. The lowest BCUT2D eigenvalue weighted by molar-refractivity contribution is 0.0673. The molecule has 1 aromatic heterocycles. The van der Waals surface area contributed by atoms with E-state index in [1.807, 2.05) is 16.5 Å². The average Bonchev–Trinajstić information content (AvgIpc) is 3.20. The van der Waals surface area contributed by atoms with E-state index >= 15 is 0 Å². The molecule has 0 spiro atoms. The molecule has 24 heavy (non-hydrogen) atoms. The summed E-state index contributed by atoms with van der Waals surface area (Å²) in [6, 6.07) is 5.29. The van der Waals surface area contributed by atoms with Crippen LogP contribution in [0.5, 0.6) is 11.5 Å². The first-order valence-electron chi connectivity index (χ1n) is 7.85. The topological polar surface area (TPSA) is 65.8 Å². The Labute approximate surface area is 139 Å². The van der Waals surface area contributed by atoms with E-state index in [0.717, 1.165) is 11.4 Å². The van der Waals surface area contributed by atoms with Gasteiger partial charge in [0.2, 0.25) is 6.79 Å². The fourth-order valence-electron chi connectivity index (χ4n) is 3.43. The van der Waals surface area contributed by atoms with Gasteiger partial charge in [-0.05, 0) is 18.2 Å². The number of methoxy groups -OCH3 is 1. The third-order valence-corrected chi connectivity index (χ3v) is 4.51. The second-order valence-electron chi connectivity index (χ2n) is 6.09. The molecule has 0 bridgehead atoms. The number of imidazole rings is 1. The quantitative estimate of drug-likeness (QED) is 0.854. The minimum absolute atomic E-state index is 0.0364. The Kier molecular flexibility index (Phi) is 3.65. The molecule has 4 rings (SSSR count). The van der Waals surface area contributed by atoms with Crippen molar-refractivity contribution in [3.8, 4) is 11.5 Å². The molecule has 1 amide bonds. The van der Waals surface area contributed by atoms with E-state index < -0.39 is 0 Å². The van der Waals surface area contributed by atoms with Gasteiger partial charge >= 0.3 is 0 Å². The second kappa shape index (κ2) is 5.83. The highest BCUT2D eigenvalue weighted by Gasteiger charge is 2.32. The summed E-state index contributed by atoms with van der Waals surface area (Å²) in [5.41, 5.74) is 2.67. The van der Waals surface area contributed by atoms with Crippen molar-refractivity contribution in [3.05, 3.63) is 41.5 Å². The number of carbonyl (C=O) groups is 1. The summed E-state index contributed by atoms with van der Waals surface area (Å²) in [7, 11) is 3.65. The first-order chi connectivity index (χ1) is 11.7. The number of nitrogens with zero attached hydrogens (tertiary/aromatic N) is 3. The van der Waals surface area contributed by atoms with Crippen molar-refractivity contribution in [1.29, 1.82) is 0 Å². The van der Waals surface area contributed by atoms with Crippen LogP contribution in [0, 0.1) is 0 Å². The molecular formula is C17H19N3O4. The Balaban J connectivity index is 1.61. The van der Waals surface area contributed by atoms with Crippen molar-refractivity contribution in [2.75, 3.05) is 27.1 Å². The number of carbonyl (C=O) groups excluding carboxylic acids is 1. The fraction of sp³-hybridized carbons (Fsp3) is 0.412. The smallest absolute Gasteiger partial charge is 0.254 e. The minimum Gasteiger partial charge on any atom is -0.454 e. The number of aryl methyl sites for hydroxylation is 1. The number of benzene rings is 1. The zero-order valence-electron chi connectivity index (χ0n) is 13.7. The number of rotatable bonds is 3. The number of hydrogen-bond acceptors (Lipinski definition) is 5. The summed E-state index contributed by atoms with van der Waals surface area (Å²) >= 11 is 0. The molecule has 0 N–H and O–H groups in total. The third-order valence-electron chi connectivity index (χ3n) is 4.51. The van der Waals surface area contributed by atoms with Crippen LogP contribution in [0.25, 0.3) is 0 Å². The highest BCUT2D eigenvalue weighted by molar-refractivity contribution is 5.95. The monoisotopic (exact) mass is 329 g/mol. The Bertz CT molecular complexity index is 786. The first-order valence-corrected chi connectivity index (χ1v) is 7.85. The van der Waals surface area contributed by atoms with Gasteiger partial charge in [-0.25, -0.2) is 4.98 Å². The van der Waals surface area contributed by atoms with Gasteiger partial charge in [-0.1, -0.05) is 0 Å². The highest BCUT2D eigenvalue weighted by atomic mass is 16.7. The molecule has 1 aromatic carbocycles. The Morgan fingerprint density at radius 1 is 1.38 bits per heavy atom. The minimum atomic E-state index is -0.0364. The van der Waals surface area contributed by atoms with Crippen molar-refractivity contribution < 1.29 is 19.0 Å². The van der Waals surface area contributed by atoms with Crippen molar-refractivity contribution in [2.45, 2.75) is 12.5 Å². The molecule has 2 aliphatic rings. The van der Waals surface area contributed by atoms with Gasteiger partial charge in [0.15, 0.2) is 11.5 Å². The van der Waals surface area contributed by atoms with E-state index in [1.54, 1.807) is 31.6 Å². The lowest BCUT2D eigenvalue weighted by atomic mass is 9.98. The van der Waals surface area contributed by atoms with Crippen molar-refractivity contribution in [3.63, 3.8) is 0 Å². The lowest BCUT2D eigenvalue weighted by Crippen LogP contribution is -2.40. The number of amides is 1. The van der Waals surface area contributed by atoms with Crippen LogP contribution in [0.3, 0.4) is 0 Å². The normalized spacial score (nSPS) is 18.6. The number of fused-ring (bicyclic) bond motifs is 2. The van der Waals surface area contributed by atoms with E-state index in [0.29, 0.717) is 36.8 Å². The van der Waals surface area contributed by atoms with E-state index in [9.17, 15) is 4.79 Å². The zero-order chi connectivity index (χ0) is 16.7. The van der Waals surface area contributed by atoms with Gasteiger partial charge < -0.3 is 23.7 Å². The van der Waals surface area contributed by atoms with Crippen LogP contribution >= 0.6 is 0 Å². The molecule has 0 unspecified atom stereocenters. The van der Waals surface area contributed by atoms with E-state index in [2.05, 4.69) is 4.98 Å². The van der Waals surface area contributed by atoms with Crippen LogP contribution in [0.4, 0.5) is 0 Å². The summed E-state index contributed by atoms with van der Waals surface area (Å²) in [4.78, 5) is 19.2. The summed E-state index contributed by atoms with van der Waals surface area (Å²) in [6.07, 6.45) is 1.79. The summed E-state index contributed by atoms with van der Waals surface area (Å²) < 4.78 is 18.0. The molecule has 1 atom stereocenters. The van der Waals surface area contributed by atoms with E-state index in [4.69, 9.17) is 14.2 Å². The van der Waals surface area contributed by atoms with Crippen LogP contribution in [-0.4, -0.2) is 47.4 Å². The Morgan fingerprint density at radius 2 is 2.21 bits per heavy atom. The Hall–Kier alpha value is -2.54. The average molecular weight is 329 g/mol. The van der Waals surface area contributed by atoms with E-state index in [-0.39, 0.29) is 18.6 Å². The van der Waals surface area contributed by atoms with Crippen LogP contribution in [0.1, 0.15) is 27.7 Å². The molecule has 0 fully saturated rings. The zero-order valence-corrected chi connectivity index (χ0v) is 13.7. The predicted molar refractivity (Wildman–Crippen MR) is 85.1 cm³/mol. The van der Waals surface area contributed by atoms with Crippen LogP contribution in [0.15, 0.2) is 24.5 Å². The molecule has 3 heterocycles. The van der Waals surface area contributed by atoms with Gasteiger partial charge in [-0.2, -0.15) is 0 Å². The second-order valence-corrected chi connectivity index (χ2v) is 6.09. The fourth-order valence-corrected chi connectivity index (χ4v) is 3.43. The third kappa shape index (κ3) is 2.41. The van der Waals surface area contributed by atoms with Crippen LogP contribution in [-0.2, 0) is 18.3 Å². The molecule has 0 radical (unpaired) electrons. The molecule has 2 aromatic rings. The SMILES string of the molecule is COC[C@@H]1CN(C(=O)c2ccc3c(c2)OCO3)Cc2ncn(C)c21. The molecule has 0 saturated heterocycles. The number of aromatic nitrogens is 2. The van der Waals surface area contributed by atoms with Gasteiger partial charge in [-0.15, -0.1) is 0 Å². The summed E-state index contributed by atoms with van der Waals surface area (Å²) in [5.74, 6) is 1.37. The maximum absolute atomic E-state index is 12.9. The largest absolute Gasteiger partial charge is 0.454 e. The van der Waals surface area contributed by atoms with Gasteiger partial charge in [-0.3, -0.25) is 4.79 Å². The number of hydrogen-bond donors (Lipinski definition) is 0. The molecular weight excluding hydrogens is 310 g/mol. The van der Waals surface area contributed by atoms with Gasteiger partial charge in [0, 0.05) is 37.9 Å². The maximum Gasteiger partial charge on any atom is 0.254 e. The first kappa shape index (κ1) is 15.0. The van der Waals surface area contributed by atoms with Crippen LogP contribution < -0.4 is 9.47 Å². The highest BCUT2D eigenvalue weighted by Crippen LogP contribution is 2.34. The van der Waals surface area contributed by atoms with Crippen molar-refractivity contribution in [2.24, 2.45) is 7.05 Å². The molecule has 7 nitrogen and oxygen atoms in total. The number of ether oxygens (including phenoxy) is 3.